The van der Waals surface area contributed by atoms with Crippen LogP contribution in [0.25, 0.3) is 11.0 Å². The number of benzene rings is 1. The monoisotopic (exact) mass is 337 g/mol. The second-order valence-electron chi connectivity index (χ2n) is 5.65. The molecule has 0 radical (unpaired) electrons. The first-order valence-corrected chi connectivity index (χ1v) is 8.88. The summed E-state index contributed by atoms with van der Waals surface area (Å²) in [4.78, 5) is 13.5. The van der Waals surface area contributed by atoms with Crippen molar-refractivity contribution in [2.24, 2.45) is 7.05 Å². The third-order valence-corrected chi connectivity index (χ3v) is 6.04. The number of amides is 1. The van der Waals surface area contributed by atoms with Crippen LogP contribution in [0.4, 0.5) is 0 Å². The lowest BCUT2D eigenvalue weighted by atomic mass is 10.3. The molecule has 124 valence electrons. The summed E-state index contributed by atoms with van der Waals surface area (Å²) in [7, 11) is -0.446. The minimum absolute atomic E-state index is 0.0897. The summed E-state index contributed by atoms with van der Waals surface area (Å²) >= 11 is 0. The molecule has 0 aliphatic carbocycles. The molecule has 2 heterocycles. The van der Waals surface area contributed by atoms with Gasteiger partial charge in [0.15, 0.2) is 0 Å². The molecule has 0 saturated carbocycles. The highest BCUT2D eigenvalue weighted by Gasteiger charge is 2.27. The number of sulfonamides is 1. The lowest BCUT2D eigenvalue weighted by Crippen LogP contribution is -2.36. The fourth-order valence-electron chi connectivity index (χ4n) is 2.73. The zero-order valence-electron chi connectivity index (χ0n) is 13.1. The normalized spacial score (nSPS) is 16.0. The quantitative estimate of drug-likeness (QED) is 0.778. The van der Waals surface area contributed by atoms with Crippen molar-refractivity contribution in [3.05, 3.63) is 18.2 Å². The summed E-state index contributed by atoms with van der Waals surface area (Å²) in [6.45, 7) is 1.36. The van der Waals surface area contributed by atoms with Crippen LogP contribution < -0.4 is 0 Å². The van der Waals surface area contributed by atoms with E-state index in [1.807, 2.05) is 0 Å². The van der Waals surface area contributed by atoms with Crippen LogP contribution in [0, 0.1) is 0 Å². The Bertz CT molecular complexity index is 845. The van der Waals surface area contributed by atoms with Gasteiger partial charge in [0.2, 0.25) is 15.9 Å². The van der Waals surface area contributed by atoms with Gasteiger partial charge in [-0.3, -0.25) is 4.79 Å². The molecule has 1 saturated heterocycles. The summed E-state index contributed by atoms with van der Waals surface area (Å²) in [5.41, 5.74) is 1.02. The molecule has 1 amide bonds. The van der Waals surface area contributed by atoms with Crippen molar-refractivity contribution in [3.63, 3.8) is 0 Å². The molecule has 0 atom stereocenters. The van der Waals surface area contributed by atoms with E-state index in [1.165, 1.54) is 22.1 Å². The largest absolute Gasteiger partial charge is 0.341 e. The summed E-state index contributed by atoms with van der Waals surface area (Å²) in [6.07, 6.45) is 1.39. The molecular formula is C14H19N5O3S. The van der Waals surface area contributed by atoms with Gasteiger partial charge >= 0.3 is 0 Å². The number of aromatic nitrogens is 3. The predicted molar refractivity (Wildman–Crippen MR) is 84.1 cm³/mol. The zero-order valence-corrected chi connectivity index (χ0v) is 14.0. The van der Waals surface area contributed by atoms with E-state index in [4.69, 9.17) is 0 Å². The molecular weight excluding hydrogens is 318 g/mol. The third kappa shape index (κ3) is 2.81. The van der Waals surface area contributed by atoms with Crippen molar-refractivity contribution < 1.29 is 13.2 Å². The maximum Gasteiger partial charge on any atom is 0.245 e. The Kier molecular flexibility index (Phi) is 4.07. The van der Waals surface area contributed by atoms with E-state index in [0.717, 1.165) is 6.42 Å². The van der Waals surface area contributed by atoms with Crippen molar-refractivity contribution in [2.45, 2.75) is 17.7 Å². The molecule has 1 aliphatic heterocycles. The first-order valence-electron chi connectivity index (χ1n) is 7.44. The Balaban J connectivity index is 1.83. The van der Waals surface area contributed by atoms with Crippen molar-refractivity contribution in [3.8, 4) is 0 Å². The second kappa shape index (κ2) is 5.89. The highest BCUT2D eigenvalue weighted by molar-refractivity contribution is 7.89. The lowest BCUT2D eigenvalue weighted by molar-refractivity contribution is -0.127. The van der Waals surface area contributed by atoms with Gasteiger partial charge in [-0.2, -0.15) is 4.31 Å². The molecule has 0 N–H and O–H groups in total. The lowest BCUT2D eigenvalue weighted by Gasteiger charge is -2.21. The molecule has 2 aromatic rings. The zero-order chi connectivity index (χ0) is 16.6. The molecule has 1 fully saturated rings. The number of rotatable bonds is 5. The SMILES string of the molecule is CN(CCN1CCCC1=O)S(=O)(=O)c1cccc2c1nnn2C. The molecule has 0 bridgehead atoms. The first-order chi connectivity index (χ1) is 10.9. The predicted octanol–water partition coefficient (Wildman–Crippen LogP) is 0.211. The topological polar surface area (TPSA) is 88.4 Å². The highest BCUT2D eigenvalue weighted by atomic mass is 32.2. The van der Waals surface area contributed by atoms with Crippen LogP contribution >= 0.6 is 0 Å². The molecule has 23 heavy (non-hydrogen) atoms. The van der Waals surface area contributed by atoms with Crippen LogP contribution in [0.5, 0.6) is 0 Å². The van der Waals surface area contributed by atoms with E-state index in [-0.39, 0.29) is 17.3 Å². The number of nitrogens with zero attached hydrogens (tertiary/aromatic N) is 5. The molecule has 9 heteroatoms. The van der Waals surface area contributed by atoms with Gasteiger partial charge in [0.25, 0.3) is 0 Å². The smallest absolute Gasteiger partial charge is 0.245 e. The van der Waals surface area contributed by atoms with E-state index >= 15 is 0 Å². The van der Waals surface area contributed by atoms with E-state index < -0.39 is 10.0 Å². The molecule has 1 aromatic carbocycles. The molecule has 8 nitrogen and oxygen atoms in total. The standard InChI is InChI=1S/C14H19N5O3S/c1-17(9-10-19-8-4-7-13(19)20)23(21,22)12-6-3-5-11-14(12)15-16-18(11)2/h3,5-6H,4,7-10H2,1-2H3. The number of fused-ring (bicyclic) bond motifs is 1. The number of aryl methyl sites for hydroxylation is 1. The fourth-order valence-corrected chi connectivity index (χ4v) is 4.03. The number of likely N-dealkylation sites (N-methyl/N-ethyl adjacent to an activating group) is 1. The molecule has 1 aliphatic rings. The van der Waals surface area contributed by atoms with Crippen LogP contribution in [-0.4, -0.2) is 65.2 Å². The Labute approximate surface area is 134 Å². The fraction of sp³-hybridized carbons (Fsp3) is 0.500. The number of carbonyl (C=O) groups is 1. The summed E-state index contributed by atoms with van der Waals surface area (Å²) in [5.74, 6) is 0.0897. The van der Waals surface area contributed by atoms with Crippen LogP contribution in [-0.2, 0) is 21.9 Å². The molecule has 3 rings (SSSR count). The van der Waals surface area contributed by atoms with Gasteiger partial charge in [-0.1, -0.05) is 11.3 Å². The van der Waals surface area contributed by atoms with Crippen LogP contribution in [0.15, 0.2) is 23.1 Å². The summed E-state index contributed by atoms with van der Waals surface area (Å²) in [6, 6.07) is 4.98. The van der Waals surface area contributed by atoms with E-state index in [2.05, 4.69) is 10.3 Å². The van der Waals surface area contributed by atoms with E-state index in [9.17, 15) is 13.2 Å². The average molecular weight is 337 g/mol. The minimum Gasteiger partial charge on any atom is -0.341 e. The van der Waals surface area contributed by atoms with Gasteiger partial charge in [0.05, 0.1) is 5.52 Å². The van der Waals surface area contributed by atoms with Crippen molar-refractivity contribution in [2.75, 3.05) is 26.7 Å². The second-order valence-corrected chi connectivity index (χ2v) is 7.66. The van der Waals surface area contributed by atoms with Crippen LogP contribution in [0.3, 0.4) is 0 Å². The van der Waals surface area contributed by atoms with Gasteiger partial charge in [-0.25, -0.2) is 13.1 Å². The van der Waals surface area contributed by atoms with Crippen LogP contribution in [0.2, 0.25) is 0 Å². The van der Waals surface area contributed by atoms with Crippen LogP contribution in [0.1, 0.15) is 12.8 Å². The maximum atomic E-state index is 12.8. The Morgan fingerprint density at radius 1 is 1.35 bits per heavy atom. The summed E-state index contributed by atoms with van der Waals surface area (Å²) in [5, 5.41) is 7.84. The number of hydrogen-bond acceptors (Lipinski definition) is 5. The maximum absolute atomic E-state index is 12.8. The van der Waals surface area contributed by atoms with Gasteiger partial charge in [-0.05, 0) is 18.6 Å². The number of carbonyl (C=O) groups excluding carboxylic acids is 1. The Morgan fingerprint density at radius 2 is 2.13 bits per heavy atom. The van der Waals surface area contributed by atoms with E-state index in [0.29, 0.717) is 30.5 Å². The van der Waals surface area contributed by atoms with Gasteiger partial charge in [0.1, 0.15) is 10.4 Å². The van der Waals surface area contributed by atoms with E-state index in [1.54, 1.807) is 24.1 Å². The van der Waals surface area contributed by atoms with Crippen molar-refractivity contribution in [1.82, 2.24) is 24.2 Å². The Hall–Kier alpha value is -2.00. The highest BCUT2D eigenvalue weighted by Crippen LogP contribution is 2.23. The van der Waals surface area contributed by atoms with Gasteiger partial charge in [-0.15, -0.1) is 5.10 Å². The number of likely N-dealkylation sites (tertiary alicyclic amines) is 1. The molecule has 0 unspecified atom stereocenters. The average Bonchev–Trinajstić information content (AvgIpc) is 3.11. The Morgan fingerprint density at radius 3 is 2.83 bits per heavy atom. The van der Waals surface area contributed by atoms with Gasteiger partial charge in [0, 0.05) is 40.2 Å². The summed E-state index contributed by atoms with van der Waals surface area (Å²) < 4.78 is 28.4. The minimum atomic E-state index is -3.68. The first kappa shape index (κ1) is 15.9. The van der Waals surface area contributed by atoms with Crippen molar-refractivity contribution >= 4 is 27.0 Å². The van der Waals surface area contributed by atoms with Crippen molar-refractivity contribution in [1.29, 1.82) is 0 Å². The third-order valence-electron chi connectivity index (χ3n) is 4.15. The molecule has 0 spiro atoms. The molecule has 1 aromatic heterocycles. The number of hydrogen-bond donors (Lipinski definition) is 0. The van der Waals surface area contributed by atoms with Gasteiger partial charge < -0.3 is 4.90 Å².